The second-order valence-electron chi connectivity index (χ2n) is 8.89. The van der Waals surface area contributed by atoms with E-state index in [9.17, 15) is 0 Å². The van der Waals surface area contributed by atoms with Crippen molar-refractivity contribution in [2.24, 2.45) is 0 Å². The van der Waals surface area contributed by atoms with Crippen LogP contribution in [0.15, 0.2) is 0 Å². The molecule has 3 fully saturated rings. The van der Waals surface area contributed by atoms with E-state index in [-0.39, 0.29) is 24.4 Å². The minimum absolute atomic E-state index is 0.167. The van der Waals surface area contributed by atoms with Crippen LogP contribution in [0, 0.1) is 0 Å². The van der Waals surface area contributed by atoms with E-state index >= 15 is 0 Å². The molecule has 0 aromatic heterocycles. The summed E-state index contributed by atoms with van der Waals surface area (Å²) in [6, 6.07) is 0. The van der Waals surface area contributed by atoms with Crippen molar-refractivity contribution in [1.82, 2.24) is 0 Å². The van der Waals surface area contributed by atoms with Crippen LogP contribution < -0.4 is 0 Å². The quantitative estimate of drug-likeness (QED) is 0.526. The average molecular weight is 387 g/mol. The summed E-state index contributed by atoms with van der Waals surface area (Å²) in [5, 5.41) is 0. The molecule has 0 amide bonds. The molecule has 0 spiro atoms. The highest BCUT2D eigenvalue weighted by Crippen LogP contribution is 2.41. The standard InChI is InChI=1S/C21H38O6/c1-6-7-8-9-10-11-12-13-22-17-16(15-14-23-20(2,3)25-15)24-19-18(17)26-21(4,5)27-19/h15-19H,6-14H2,1-5H3/t15-,16-,17+,18+,19+/m0/s1. The lowest BCUT2D eigenvalue weighted by Crippen LogP contribution is -2.44. The van der Waals surface area contributed by atoms with Gasteiger partial charge in [-0.2, -0.15) is 0 Å². The molecule has 158 valence electrons. The molecule has 0 unspecified atom stereocenters. The van der Waals surface area contributed by atoms with E-state index in [1.807, 2.05) is 27.7 Å². The maximum absolute atomic E-state index is 6.27. The predicted octanol–water partition coefficient (Wildman–Crippen LogP) is 4.15. The van der Waals surface area contributed by atoms with Crippen molar-refractivity contribution in [1.29, 1.82) is 0 Å². The summed E-state index contributed by atoms with van der Waals surface area (Å²) < 4.78 is 36.2. The van der Waals surface area contributed by atoms with E-state index in [2.05, 4.69) is 6.92 Å². The van der Waals surface area contributed by atoms with Gasteiger partial charge in [0.2, 0.25) is 0 Å². The third kappa shape index (κ3) is 5.64. The van der Waals surface area contributed by atoms with Gasteiger partial charge in [0.1, 0.15) is 24.4 Å². The van der Waals surface area contributed by atoms with E-state index in [4.69, 9.17) is 28.4 Å². The molecule has 6 nitrogen and oxygen atoms in total. The van der Waals surface area contributed by atoms with Gasteiger partial charge >= 0.3 is 0 Å². The molecular weight excluding hydrogens is 348 g/mol. The summed E-state index contributed by atoms with van der Waals surface area (Å²) in [6.45, 7) is 11.1. The molecular formula is C21H38O6. The Morgan fingerprint density at radius 2 is 1.52 bits per heavy atom. The lowest BCUT2D eigenvalue weighted by Gasteiger charge is -2.29. The summed E-state index contributed by atoms with van der Waals surface area (Å²) in [5.41, 5.74) is 0. The number of unbranched alkanes of at least 4 members (excludes halogenated alkanes) is 6. The van der Waals surface area contributed by atoms with Crippen molar-refractivity contribution >= 4 is 0 Å². The Kier molecular flexibility index (Phi) is 7.20. The maximum atomic E-state index is 6.27. The van der Waals surface area contributed by atoms with Crippen LogP contribution in [0.5, 0.6) is 0 Å². The molecule has 0 aromatic rings. The highest BCUT2D eigenvalue weighted by atomic mass is 16.8. The number of hydrogen-bond donors (Lipinski definition) is 0. The van der Waals surface area contributed by atoms with Gasteiger partial charge in [-0.25, -0.2) is 0 Å². The molecule has 5 atom stereocenters. The summed E-state index contributed by atoms with van der Waals surface area (Å²) in [5.74, 6) is -1.23. The second-order valence-corrected chi connectivity index (χ2v) is 8.89. The van der Waals surface area contributed by atoms with Crippen LogP contribution in [0.4, 0.5) is 0 Å². The van der Waals surface area contributed by atoms with E-state index in [0.29, 0.717) is 13.2 Å². The third-order valence-corrected chi connectivity index (χ3v) is 5.48. The number of rotatable bonds is 10. The Morgan fingerprint density at radius 1 is 0.815 bits per heavy atom. The molecule has 0 N–H and O–H groups in total. The van der Waals surface area contributed by atoms with Crippen molar-refractivity contribution < 1.29 is 28.4 Å². The minimum atomic E-state index is -0.645. The first-order chi connectivity index (χ1) is 12.8. The summed E-state index contributed by atoms with van der Waals surface area (Å²) in [6.07, 6.45) is 7.61. The van der Waals surface area contributed by atoms with Gasteiger partial charge in [0.15, 0.2) is 17.9 Å². The molecule has 6 heteroatoms. The fraction of sp³-hybridized carbons (Fsp3) is 1.00. The Labute approximate surface area is 164 Å². The highest BCUT2D eigenvalue weighted by Gasteiger charge is 2.58. The summed E-state index contributed by atoms with van der Waals surface area (Å²) >= 11 is 0. The SMILES string of the molecule is CCCCCCCCCO[C@@H]1[C@H]([C@@H]2COC(C)(C)O2)O[C@@H]2OC(C)(C)O[C@@H]21. The average Bonchev–Trinajstić information content (AvgIpc) is 3.19. The Balaban J connectivity index is 1.49. The van der Waals surface area contributed by atoms with Crippen LogP contribution in [-0.2, 0) is 28.4 Å². The molecule has 0 saturated carbocycles. The Bertz CT molecular complexity index is 466. The van der Waals surface area contributed by atoms with Gasteiger partial charge in [-0.1, -0.05) is 45.4 Å². The largest absolute Gasteiger partial charge is 0.372 e. The molecule has 3 aliphatic rings. The molecule has 0 radical (unpaired) electrons. The van der Waals surface area contributed by atoms with Crippen LogP contribution in [0.2, 0.25) is 0 Å². The molecule has 27 heavy (non-hydrogen) atoms. The van der Waals surface area contributed by atoms with Gasteiger partial charge in [0.25, 0.3) is 0 Å². The van der Waals surface area contributed by atoms with Crippen molar-refractivity contribution in [2.45, 2.75) is 122 Å². The first kappa shape index (κ1) is 21.5. The second kappa shape index (κ2) is 9.06. The molecule has 0 aromatic carbocycles. The molecule has 3 aliphatic heterocycles. The Hall–Kier alpha value is -0.240. The zero-order chi connectivity index (χ0) is 19.5. The molecule has 0 aliphatic carbocycles. The molecule has 3 rings (SSSR count). The van der Waals surface area contributed by atoms with Crippen LogP contribution in [0.3, 0.4) is 0 Å². The van der Waals surface area contributed by atoms with E-state index in [1.165, 1.54) is 38.5 Å². The zero-order valence-corrected chi connectivity index (χ0v) is 17.7. The summed E-state index contributed by atoms with van der Waals surface area (Å²) in [7, 11) is 0. The van der Waals surface area contributed by atoms with Gasteiger partial charge in [0, 0.05) is 6.61 Å². The monoisotopic (exact) mass is 386 g/mol. The van der Waals surface area contributed by atoms with E-state index < -0.39 is 17.9 Å². The van der Waals surface area contributed by atoms with Crippen molar-refractivity contribution in [2.75, 3.05) is 13.2 Å². The van der Waals surface area contributed by atoms with Gasteiger partial charge in [-0.3, -0.25) is 0 Å². The van der Waals surface area contributed by atoms with Crippen LogP contribution in [0.25, 0.3) is 0 Å². The Morgan fingerprint density at radius 3 is 2.19 bits per heavy atom. The molecule has 3 saturated heterocycles. The lowest BCUT2D eigenvalue weighted by atomic mass is 10.1. The topological polar surface area (TPSA) is 55.4 Å². The van der Waals surface area contributed by atoms with Gasteiger partial charge in [0.05, 0.1) is 6.61 Å². The first-order valence-corrected chi connectivity index (χ1v) is 10.8. The van der Waals surface area contributed by atoms with Crippen molar-refractivity contribution in [3.8, 4) is 0 Å². The maximum Gasteiger partial charge on any atom is 0.190 e. The third-order valence-electron chi connectivity index (χ3n) is 5.48. The lowest BCUT2D eigenvalue weighted by molar-refractivity contribution is -0.236. The normalized spacial score (nSPS) is 37.0. The zero-order valence-electron chi connectivity index (χ0n) is 17.7. The van der Waals surface area contributed by atoms with E-state index in [1.54, 1.807) is 0 Å². The molecule has 3 heterocycles. The van der Waals surface area contributed by atoms with Crippen LogP contribution in [0.1, 0.15) is 79.6 Å². The fourth-order valence-electron chi connectivity index (χ4n) is 4.15. The first-order valence-electron chi connectivity index (χ1n) is 10.8. The number of hydrogen-bond acceptors (Lipinski definition) is 6. The number of fused-ring (bicyclic) bond motifs is 1. The van der Waals surface area contributed by atoms with E-state index in [0.717, 1.165) is 6.42 Å². The van der Waals surface area contributed by atoms with Gasteiger partial charge < -0.3 is 28.4 Å². The van der Waals surface area contributed by atoms with Crippen molar-refractivity contribution in [3.05, 3.63) is 0 Å². The predicted molar refractivity (Wildman–Crippen MR) is 101 cm³/mol. The molecule has 0 bridgehead atoms. The number of ether oxygens (including phenoxy) is 6. The smallest absolute Gasteiger partial charge is 0.190 e. The van der Waals surface area contributed by atoms with Crippen LogP contribution in [-0.4, -0.2) is 55.5 Å². The van der Waals surface area contributed by atoms with Gasteiger partial charge in [-0.15, -0.1) is 0 Å². The minimum Gasteiger partial charge on any atom is -0.372 e. The van der Waals surface area contributed by atoms with Crippen LogP contribution >= 0.6 is 0 Å². The van der Waals surface area contributed by atoms with Gasteiger partial charge in [-0.05, 0) is 34.1 Å². The van der Waals surface area contributed by atoms with Crippen molar-refractivity contribution in [3.63, 3.8) is 0 Å². The highest BCUT2D eigenvalue weighted by molar-refractivity contribution is 4.98. The fourth-order valence-corrected chi connectivity index (χ4v) is 4.15. The summed E-state index contributed by atoms with van der Waals surface area (Å²) in [4.78, 5) is 0.